The standard InChI is InChI=1S/C27H19ClF10N2O4/c1-3-40(23(42)14-7-4-5-9-17(14)29)18-10-6-8-15(21(18)43-2)22(41)39-20-16(28)11-13(12-19(20)44-24(30)31)25(32,26(33,34)35)27(36,37)38/h4-12,24H,3H2,1-2H3,(H,39,41). The number of amides is 2. The van der Waals surface area contributed by atoms with Gasteiger partial charge in [-0.1, -0.05) is 29.8 Å². The van der Waals surface area contributed by atoms with Gasteiger partial charge in [0.2, 0.25) is 0 Å². The molecule has 6 nitrogen and oxygen atoms in total. The molecule has 0 unspecified atom stereocenters. The second-order valence-electron chi connectivity index (χ2n) is 8.71. The lowest BCUT2D eigenvalue weighted by Gasteiger charge is -2.31. The number of nitrogens with one attached hydrogen (secondary N) is 1. The van der Waals surface area contributed by atoms with E-state index >= 15 is 0 Å². The Morgan fingerprint density at radius 3 is 2.05 bits per heavy atom. The highest BCUT2D eigenvalue weighted by atomic mass is 35.5. The molecule has 2 amide bonds. The first-order chi connectivity index (χ1) is 20.4. The number of halogens is 11. The molecule has 0 heterocycles. The molecule has 3 aromatic carbocycles. The Morgan fingerprint density at radius 1 is 0.932 bits per heavy atom. The maximum absolute atomic E-state index is 14.6. The van der Waals surface area contributed by atoms with Gasteiger partial charge in [0, 0.05) is 12.1 Å². The Kier molecular flexibility index (Phi) is 9.97. The van der Waals surface area contributed by atoms with Crippen LogP contribution >= 0.6 is 11.6 Å². The summed E-state index contributed by atoms with van der Waals surface area (Å²) in [7, 11) is 1.07. The fraction of sp³-hybridized carbons (Fsp3) is 0.259. The van der Waals surface area contributed by atoms with Crippen molar-refractivity contribution < 1.29 is 63.0 Å². The predicted molar refractivity (Wildman–Crippen MR) is 138 cm³/mol. The van der Waals surface area contributed by atoms with Crippen LogP contribution in [-0.2, 0) is 5.67 Å². The van der Waals surface area contributed by atoms with E-state index in [-0.39, 0.29) is 35.7 Å². The maximum atomic E-state index is 14.6. The molecule has 3 aromatic rings. The molecule has 238 valence electrons. The summed E-state index contributed by atoms with van der Waals surface area (Å²) in [6, 6.07) is 8.12. The summed E-state index contributed by atoms with van der Waals surface area (Å²) in [4.78, 5) is 27.4. The van der Waals surface area contributed by atoms with Crippen LogP contribution < -0.4 is 19.7 Å². The highest BCUT2D eigenvalue weighted by Crippen LogP contribution is 2.55. The van der Waals surface area contributed by atoms with Gasteiger partial charge in [-0.05, 0) is 43.3 Å². The third-order valence-electron chi connectivity index (χ3n) is 6.09. The minimum absolute atomic E-state index is 0.0843. The number of para-hydroxylation sites is 1. The van der Waals surface area contributed by atoms with Gasteiger partial charge in [-0.3, -0.25) is 9.59 Å². The molecule has 0 aromatic heterocycles. The van der Waals surface area contributed by atoms with Crippen molar-refractivity contribution in [1.82, 2.24) is 0 Å². The number of carbonyl (C=O) groups is 2. The molecule has 1 N–H and O–H groups in total. The number of hydrogen-bond donors (Lipinski definition) is 1. The van der Waals surface area contributed by atoms with Crippen LogP contribution in [0.25, 0.3) is 0 Å². The number of nitrogens with zero attached hydrogens (tertiary/aromatic N) is 1. The highest BCUT2D eigenvalue weighted by Gasteiger charge is 2.73. The summed E-state index contributed by atoms with van der Waals surface area (Å²) < 4.78 is 144. The van der Waals surface area contributed by atoms with Crippen molar-refractivity contribution in [2.24, 2.45) is 0 Å². The number of anilines is 2. The average Bonchev–Trinajstić information content (AvgIpc) is 2.93. The predicted octanol–water partition coefficient (Wildman–Crippen LogP) is 8.30. The average molecular weight is 661 g/mol. The van der Waals surface area contributed by atoms with Gasteiger partial charge in [0.25, 0.3) is 11.8 Å². The summed E-state index contributed by atoms with van der Waals surface area (Å²) in [5, 5.41) is 0.694. The molecule has 17 heteroatoms. The van der Waals surface area contributed by atoms with E-state index in [2.05, 4.69) is 4.74 Å². The normalized spacial score (nSPS) is 12.2. The van der Waals surface area contributed by atoms with Crippen LogP contribution in [0.2, 0.25) is 5.02 Å². The van der Waals surface area contributed by atoms with E-state index in [0.717, 1.165) is 24.1 Å². The first-order valence-corrected chi connectivity index (χ1v) is 12.4. The largest absolute Gasteiger partial charge is 0.494 e. The van der Waals surface area contributed by atoms with Gasteiger partial charge >= 0.3 is 24.6 Å². The monoisotopic (exact) mass is 660 g/mol. The lowest BCUT2D eigenvalue weighted by atomic mass is 9.93. The SMILES string of the molecule is CCN(C(=O)c1ccccc1F)c1cccc(C(=O)Nc2c(Cl)cc(C(F)(C(F)(F)F)C(F)(F)F)cc2OC(F)F)c1OC. The van der Waals surface area contributed by atoms with Gasteiger partial charge in [0.1, 0.15) is 11.5 Å². The number of hydrogen-bond acceptors (Lipinski definition) is 4. The molecule has 0 fully saturated rings. The van der Waals surface area contributed by atoms with Gasteiger partial charge < -0.3 is 19.7 Å². The third-order valence-corrected chi connectivity index (χ3v) is 6.39. The Bertz CT molecular complexity index is 1530. The van der Waals surface area contributed by atoms with E-state index in [4.69, 9.17) is 16.3 Å². The van der Waals surface area contributed by atoms with E-state index < -0.39 is 69.9 Å². The van der Waals surface area contributed by atoms with Crippen LogP contribution in [0.5, 0.6) is 11.5 Å². The number of alkyl halides is 9. The van der Waals surface area contributed by atoms with Gasteiger partial charge in [0.15, 0.2) is 11.5 Å². The second kappa shape index (κ2) is 12.8. The quantitative estimate of drug-likeness (QED) is 0.235. The number of methoxy groups -OCH3 is 1. The summed E-state index contributed by atoms with van der Waals surface area (Å²) in [5.41, 5.74) is -10.2. The van der Waals surface area contributed by atoms with Crippen molar-refractivity contribution in [1.29, 1.82) is 0 Å². The van der Waals surface area contributed by atoms with Crippen molar-refractivity contribution in [3.8, 4) is 11.5 Å². The summed E-state index contributed by atoms with van der Waals surface area (Å²) in [5.74, 6) is -4.87. The summed E-state index contributed by atoms with van der Waals surface area (Å²) in [6.45, 7) is -2.45. The van der Waals surface area contributed by atoms with E-state index in [1.807, 2.05) is 5.32 Å². The van der Waals surface area contributed by atoms with Crippen molar-refractivity contribution in [2.45, 2.75) is 31.6 Å². The van der Waals surface area contributed by atoms with E-state index in [0.29, 0.717) is 0 Å². The summed E-state index contributed by atoms with van der Waals surface area (Å²) in [6.07, 6.45) is -13.2. The molecule has 0 spiro atoms. The fourth-order valence-corrected chi connectivity index (χ4v) is 4.35. The molecule has 0 radical (unpaired) electrons. The minimum atomic E-state index is -6.61. The maximum Gasteiger partial charge on any atom is 0.435 e. The molecule has 3 rings (SSSR count). The number of ether oxygens (including phenoxy) is 2. The third kappa shape index (κ3) is 6.49. The van der Waals surface area contributed by atoms with Crippen LogP contribution in [0.1, 0.15) is 33.2 Å². The van der Waals surface area contributed by atoms with E-state index in [9.17, 15) is 53.5 Å². The van der Waals surface area contributed by atoms with Crippen LogP contribution in [0.3, 0.4) is 0 Å². The van der Waals surface area contributed by atoms with Crippen molar-refractivity contribution in [2.75, 3.05) is 23.9 Å². The zero-order valence-corrected chi connectivity index (χ0v) is 23.0. The second-order valence-corrected chi connectivity index (χ2v) is 9.11. The molecule has 0 aliphatic carbocycles. The van der Waals surface area contributed by atoms with Crippen molar-refractivity contribution >= 4 is 34.8 Å². The first-order valence-electron chi connectivity index (χ1n) is 12.0. The molecule has 0 aliphatic rings. The van der Waals surface area contributed by atoms with Crippen molar-refractivity contribution in [3.63, 3.8) is 0 Å². The number of carbonyl (C=O) groups excluding carboxylic acids is 2. The zero-order valence-electron chi connectivity index (χ0n) is 22.2. The molecule has 0 saturated heterocycles. The van der Waals surface area contributed by atoms with Crippen LogP contribution in [-0.4, -0.2) is 44.4 Å². The fourth-order valence-electron chi connectivity index (χ4n) is 4.09. The summed E-state index contributed by atoms with van der Waals surface area (Å²) >= 11 is 5.80. The minimum Gasteiger partial charge on any atom is -0.494 e. The molecule has 44 heavy (non-hydrogen) atoms. The lowest BCUT2D eigenvalue weighted by molar-refractivity contribution is -0.348. The lowest BCUT2D eigenvalue weighted by Crippen LogP contribution is -2.50. The Hall–Kier alpha value is -4.21. The first kappa shape index (κ1) is 34.3. The van der Waals surface area contributed by atoms with Crippen LogP contribution in [0.4, 0.5) is 55.3 Å². The van der Waals surface area contributed by atoms with Gasteiger partial charge in [-0.2, -0.15) is 35.1 Å². The number of benzene rings is 3. The number of rotatable bonds is 9. The zero-order chi connectivity index (χ0) is 33.2. The highest BCUT2D eigenvalue weighted by molar-refractivity contribution is 6.34. The molecular formula is C27H19ClF10N2O4. The molecule has 0 bridgehead atoms. The Balaban J connectivity index is 2.12. The van der Waals surface area contributed by atoms with Crippen molar-refractivity contribution in [3.05, 3.63) is 82.1 Å². The Labute approximate surface area is 247 Å². The topological polar surface area (TPSA) is 67.9 Å². The van der Waals surface area contributed by atoms with Crippen LogP contribution in [0.15, 0.2) is 54.6 Å². The van der Waals surface area contributed by atoms with Gasteiger partial charge in [-0.15, -0.1) is 0 Å². The van der Waals surface area contributed by atoms with E-state index in [1.165, 1.54) is 37.3 Å². The molecule has 0 saturated carbocycles. The van der Waals surface area contributed by atoms with E-state index in [1.54, 1.807) is 0 Å². The smallest absolute Gasteiger partial charge is 0.435 e. The van der Waals surface area contributed by atoms with Crippen LogP contribution in [0, 0.1) is 5.82 Å². The molecular weight excluding hydrogens is 642 g/mol. The molecule has 0 aliphatic heterocycles. The van der Waals surface area contributed by atoms with Gasteiger partial charge in [-0.25, -0.2) is 8.78 Å². The molecule has 0 atom stereocenters. The van der Waals surface area contributed by atoms with Gasteiger partial charge in [0.05, 0.1) is 28.9 Å². The Morgan fingerprint density at radius 2 is 1.52 bits per heavy atom.